The molecule has 1 nitrogen and oxygen atoms in total. The van der Waals surface area contributed by atoms with E-state index in [9.17, 15) is 0 Å². The van der Waals surface area contributed by atoms with Crippen LogP contribution in [-0.2, 0) is 6.54 Å². The first-order valence-corrected chi connectivity index (χ1v) is 6.27. The molecule has 0 aromatic heterocycles. The second-order valence-electron chi connectivity index (χ2n) is 5.19. The molecule has 17 heavy (non-hydrogen) atoms. The van der Waals surface area contributed by atoms with Crippen LogP contribution in [0.3, 0.4) is 0 Å². The minimum atomic E-state index is 0. The lowest BCUT2D eigenvalue weighted by Crippen LogP contribution is -3.00. The van der Waals surface area contributed by atoms with Crippen LogP contribution < -0.4 is 12.4 Å². The zero-order chi connectivity index (χ0) is 11.4. The van der Waals surface area contributed by atoms with Crippen molar-refractivity contribution in [2.45, 2.75) is 25.8 Å². The van der Waals surface area contributed by atoms with E-state index in [1.165, 1.54) is 48.0 Å². The summed E-state index contributed by atoms with van der Waals surface area (Å²) in [5.74, 6) is 0. The Labute approximate surface area is 111 Å². The first kappa shape index (κ1) is 14.3. The smallest absolute Gasteiger partial charge is 0.105 e. The summed E-state index contributed by atoms with van der Waals surface area (Å²) in [4.78, 5) is 0. The predicted molar refractivity (Wildman–Crippen MR) is 70.0 cm³/mol. The maximum Gasteiger partial charge on any atom is 0.105 e. The summed E-state index contributed by atoms with van der Waals surface area (Å²) >= 11 is 0. The van der Waals surface area contributed by atoms with Gasteiger partial charge in [-0.15, -0.1) is 0 Å². The van der Waals surface area contributed by atoms with Crippen molar-refractivity contribution in [2.24, 2.45) is 0 Å². The highest BCUT2D eigenvalue weighted by molar-refractivity contribution is 5.51. The molecule has 2 rings (SSSR count). The van der Waals surface area contributed by atoms with Crippen LogP contribution in [0.15, 0.2) is 30.8 Å². The van der Waals surface area contributed by atoms with Crippen LogP contribution in [0.5, 0.6) is 0 Å². The largest absolute Gasteiger partial charge is 1.00 e. The Bertz CT molecular complexity index is 367. The fraction of sp³-hybridized carbons (Fsp3) is 0.467. The molecule has 0 saturated carbocycles. The Morgan fingerprint density at radius 2 is 1.82 bits per heavy atom. The van der Waals surface area contributed by atoms with Crippen molar-refractivity contribution in [2.75, 3.05) is 20.1 Å². The molecule has 0 aliphatic carbocycles. The summed E-state index contributed by atoms with van der Waals surface area (Å²) in [6.45, 7) is 7.71. The lowest BCUT2D eigenvalue weighted by atomic mass is 10.0. The molecule has 0 atom stereocenters. The summed E-state index contributed by atoms with van der Waals surface area (Å²) < 4.78 is 1.20. The highest BCUT2D eigenvalue weighted by atomic mass is 35.5. The highest BCUT2D eigenvalue weighted by Gasteiger charge is 2.25. The molecule has 1 aliphatic rings. The van der Waals surface area contributed by atoms with E-state index in [0.29, 0.717) is 0 Å². The number of halogens is 1. The van der Waals surface area contributed by atoms with Crippen molar-refractivity contribution in [3.05, 3.63) is 42.0 Å². The van der Waals surface area contributed by atoms with E-state index in [-0.39, 0.29) is 12.4 Å². The summed E-state index contributed by atoms with van der Waals surface area (Å²) in [7, 11) is 2.39. The normalized spacial score (nSPS) is 18.2. The summed E-state index contributed by atoms with van der Waals surface area (Å²) in [5, 5.41) is 0. The minimum Gasteiger partial charge on any atom is -1.00 e. The molecule has 1 aromatic carbocycles. The molecule has 0 amide bonds. The fourth-order valence-corrected chi connectivity index (χ4v) is 2.72. The van der Waals surface area contributed by atoms with Crippen LogP contribution in [0.1, 0.15) is 30.4 Å². The molecule has 2 heteroatoms. The van der Waals surface area contributed by atoms with Gasteiger partial charge in [-0.05, 0) is 24.8 Å². The quantitative estimate of drug-likeness (QED) is 0.685. The van der Waals surface area contributed by atoms with E-state index in [2.05, 4.69) is 37.9 Å². The maximum atomic E-state index is 3.90. The van der Waals surface area contributed by atoms with Crippen LogP contribution in [-0.4, -0.2) is 24.6 Å². The van der Waals surface area contributed by atoms with Crippen molar-refractivity contribution in [1.82, 2.24) is 0 Å². The Balaban J connectivity index is 0.00000144. The third-order valence-electron chi connectivity index (χ3n) is 3.72. The summed E-state index contributed by atoms with van der Waals surface area (Å²) in [6, 6.07) is 8.64. The molecule has 1 fully saturated rings. The monoisotopic (exact) mass is 251 g/mol. The molecule has 1 aromatic rings. The second-order valence-corrected chi connectivity index (χ2v) is 5.19. The third kappa shape index (κ3) is 3.58. The van der Waals surface area contributed by atoms with Crippen molar-refractivity contribution in [1.29, 1.82) is 0 Å². The summed E-state index contributed by atoms with van der Waals surface area (Å²) in [5.41, 5.74) is 2.74. The molecule has 1 aliphatic heterocycles. The van der Waals surface area contributed by atoms with Crippen LogP contribution in [0, 0.1) is 0 Å². The van der Waals surface area contributed by atoms with Crippen LogP contribution >= 0.6 is 0 Å². The van der Waals surface area contributed by atoms with E-state index in [1.54, 1.807) is 0 Å². The Morgan fingerprint density at radius 1 is 1.18 bits per heavy atom. The van der Waals surface area contributed by atoms with Crippen LogP contribution in [0.4, 0.5) is 0 Å². The number of hydrogen-bond acceptors (Lipinski definition) is 0. The van der Waals surface area contributed by atoms with Crippen LogP contribution in [0.25, 0.3) is 6.08 Å². The van der Waals surface area contributed by atoms with Gasteiger partial charge in [-0.2, -0.15) is 0 Å². The van der Waals surface area contributed by atoms with E-state index < -0.39 is 0 Å². The van der Waals surface area contributed by atoms with Gasteiger partial charge in [0.25, 0.3) is 0 Å². The third-order valence-corrected chi connectivity index (χ3v) is 3.72. The van der Waals surface area contributed by atoms with E-state index in [0.717, 1.165) is 6.54 Å². The standard InChI is InChI=1S/C15H22N.ClH/c1-3-14-9-5-6-10-15(14)13-16(2)11-7-4-8-12-16;/h3,5-6,9-10H,1,4,7-8,11-13H2,2H3;1H/q+1;/p-1. The van der Waals surface area contributed by atoms with E-state index >= 15 is 0 Å². The van der Waals surface area contributed by atoms with Gasteiger partial charge in [-0.1, -0.05) is 36.9 Å². The fourth-order valence-electron chi connectivity index (χ4n) is 2.72. The number of hydrogen-bond donors (Lipinski definition) is 0. The van der Waals surface area contributed by atoms with Gasteiger partial charge in [0.2, 0.25) is 0 Å². The average molecular weight is 252 g/mol. The lowest BCUT2D eigenvalue weighted by Gasteiger charge is -2.38. The molecule has 0 bridgehead atoms. The number of likely N-dealkylation sites (tertiary alicyclic amines) is 1. The predicted octanol–water partition coefficient (Wildman–Crippen LogP) is 0.464. The first-order valence-electron chi connectivity index (χ1n) is 6.27. The number of benzene rings is 1. The van der Waals surface area contributed by atoms with Gasteiger partial charge in [0.15, 0.2) is 0 Å². The SMILES string of the molecule is C=Cc1ccccc1C[N+]1(C)CCCCC1.[Cl-]. The van der Waals surface area contributed by atoms with Gasteiger partial charge in [0.1, 0.15) is 6.54 Å². The van der Waals surface area contributed by atoms with Gasteiger partial charge < -0.3 is 16.9 Å². The van der Waals surface area contributed by atoms with Crippen molar-refractivity contribution in [3.8, 4) is 0 Å². The van der Waals surface area contributed by atoms with Crippen molar-refractivity contribution >= 4 is 6.08 Å². The summed E-state index contributed by atoms with van der Waals surface area (Å²) in [6.07, 6.45) is 6.15. The lowest BCUT2D eigenvalue weighted by molar-refractivity contribution is -0.926. The zero-order valence-electron chi connectivity index (χ0n) is 10.7. The average Bonchev–Trinajstić information content (AvgIpc) is 2.30. The molecule has 1 saturated heterocycles. The van der Waals surface area contributed by atoms with Gasteiger partial charge in [-0.25, -0.2) is 0 Å². The molecular formula is C15H22ClN. The molecule has 0 unspecified atom stereocenters. The zero-order valence-corrected chi connectivity index (χ0v) is 11.4. The number of nitrogens with zero attached hydrogens (tertiary/aromatic N) is 1. The molecule has 0 spiro atoms. The van der Waals surface area contributed by atoms with Gasteiger partial charge in [0, 0.05) is 5.56 Å². The first-order chi connectivity index (χ1) is 7.73. The molecule has 0 radical (unpaired) electrons. The Hall–Kier alpha value is -0.790. The van der Waals surface area contributed by atoms with Gasteiger partial charge >= 0.3 is 0 Å². The van der Waals surface area contributed by atoms with Gasteiger partial charge in [-0.3, -0.25) is 0 Å². The number of rotatable bonds is 3. The minimum absolute atomic E-state index is 0. The Kier molecular flexibility index (Phi) is 5.23. The molecule has 94 valence electrons. The van der Waals surface area contributed by atoms with E-state index in [1.807, 2.05) is 6.08 Å². The van der Waals surface area contributed by atoms with Crippen LogP contribution in [0.2, 0.25) is 0 Å². The van der Waals surface area contributed by atoms with Gasteiger partial charge in [0.05, 0.1) is 20.1 Å². The molecule has 1 heterocycles. The molecular weight excluding hydrogens is 230 g/mol. The van der Waals surface area contributed by atoms with Crippen molar-refractivity contribution < 1.29 is 16.9 Å². The Morgan fingerprint density at radius 3 is 2.47 bits per heavy atom. The topological polar surface area (TPSA) is 0 Å². The van der Waals surface area contributed by atoms with E-state index in [4.69, 9.17) is 0 Å². The highest BCUT2D eigenvalue weighted by Crippen LogP contribution is 2.22. The molecule has 0 N–H and O–H groups in total. The second kappa shape index (κ2) is 6.23. The number of quaternary nitrogens is 1. The van der Waals surface area contributed by atoms with Crippen molar-refractivity contribution in [3.63, 3.8) is 0 Å². The maximum absolute atomic E-state index is 3.90. The number of piperidine rings is 1.